The summed E-state index contributed by atoms with van der Waals surface area (Å²) in [5.41, 5.74) is 9.30. The first kappa shape index (κ1) is 32.9. The number of nitrogens with one attached hydrogen (secondary N) is 1. The summed E-state index contributed by atoms with van der Waals surface area (Å²) >= 11 is 8.64. The van der Waals surface area contributed by atoms with E-state index in [1.54, 1.807) is 0 Å². The first-order valence-corrected chi connectivity index (χ1v) is 16.0. The van der Waals surface area contributed by atoms with Gasteiger partial charge in [0.05, 0.1) is 13.2 Å². The monoisotopic (exact) mass is 698 g/mol. The Balaban J connectivity index is 1.20. The number of aromatic nitrogens is 4. The Morgan fingerprint density at radius 1 is 1.00 bits per heavy atom. The van der Waals surface area contributed by atoms with Crippen molar-refractivity contribution in [1.82, 2.24) is 19.5 Å². The number of nitrogens with two attached hydrogens (primary N) is 2. The maximum Gasteiger partial charge on any atom is 0.481 e. The van der Waals surface area contributed by atoms with Crippen LogP contribution in [0, 0.1) is 0 Å². The fraction of sp³-hybridized carbons (Fsp3) is 0.474. The van der Waals surface area contributed by atoms with Crippen LogP contribution < -0.4 is 33.6 Å². The van der Waals surface area contributed by atoms with Crippen LogP contribution in [-0.2, 0) is 32.0 Å². The van der Waals surface area contributed by atoms with Crippen LogP contribution in [-0.4, -0.2) is 89.4 Å². The van der Waals surface area contributed by atoms with Gasteiger partial charge in [0.2, 0.25) is 5.95 Å². The number of anilines is 2. The Hall–Kier alpha value is -2.50. The second kappa shape index (κ2) is 12.4. The Morgan fingerprint density at radius 3 is 2.36 bits per heavy atom. The van der Waals surface area contributed by atoms with Crippen molar-refractivity contribution < 1.29 is 52.0 Å². The van der Waals surface area contributed by atoms with Gasteiger partial charge in [0.15, 0.2) is 23.3 Å². The first-order chi connectivity index (χ1) is 20.5. The average Bonchev–Trinajstić information content (AvgIpc) is 3.20. The summed E-state index contributed by atoms with van der Waals surface area (Å²) in [6, 6.07) is 0.321. The number of aliphatic hydroxyl groups excluding tert-OH is 2. The molecule has 21 nitrogen and oxygen atoms in total. The zero-order valence-electron chi connectivity index (χ0n) is 21.8. The first-order valence-electron chi connectivity index (χ1n) is 12.2. The minimum absolute atomic E-state index is 0.0798. The minimum atomic E-state index is -5.37. The highest BCUT2D eigenvalue weighted by Crippen LogP contribution is 2.60. The van der Waals surface area contributed by atoms with E-state index in [9.17, 15) is 38.7 Å². The molecule has 0 bridgehead atoms. The van der Waals surface area contributed by atoms with Crippen molar-refractivity contribution in [1.29, 1.82) is 0 Å². The van der Waals surface area contributed by atoms with Crippen molar-refractivity contribution in [3.8, 4) is 0 Å². The molecule has 44 heavy (non-hydrogen) atoms. The van der Waals surface area contributed by atoms with Gasteiger partial charge in [0.25, 0.3) is 5.56 Å². The number of ether oxygens (including phenoxy) is 2. The Bertz CT molecular complexity index is 1840. The molecule has 0 aliphatic carbocycles. The standard InChI is InChI=1S/C19H24N8O13P2S2/c20-7-1-2-27(19(31)22-7)17-11(29)10(28)5(39-17)3-36-41(32,33)40-42(34,35)37-4-6-12(43)13(44)8-16(38-6)24-14-9(23-8)15(30)26-18(21)25-14/h1-2,5-6,8,10-11,16-17,28-29,43-44H,3-4H2,(H,32,33)(H,34,35)(H2,20,22,31)(H3,21,24,25,26,30)/t5-,6-,8+,10-,11-,16-,17-/m1/s1. The zero-order valence-corrected chi connectivity index (χ0v) is 25.3. The van der Waals surface area contributed by atoms with Gasteiger partial charge >= 0.3 is 21.3 Å². The van der Waals surface area contributed by atoms with Crippen LogP contribution in [0.3, 0.4) is 0 Å². The third kappa shape index (κ3) is 6.84. The number of H-pyrrole nitrogens is 1. The maximum absolute atomic E-state index is 12.5. The van der Waals surface area contributed by atoms with E-state index in [1.165, 1.54) is 6.07 Å². The van der Waals surface area contributed by atoms with Gasteiger partial charge in [0, 0.05) is 16.0 Å². The molecular weight excluding hydrogens is 674 g/mol. The van der Waals surface area contributed by atoms with Crippen molar-refractivity contribution in [3.05, 3.63) is 53.8 Å². The van der Waals surface area contributed by atoms with Crippen LogP contribution in [0.4, 0.5) is 11.8 Å². The van der Waals surface area contributed by atoms with Crippen molar-refractivity contribution in [2.24, 2.45) is 9.98 Å². The lowest BCUT2D eigenvalue weighted by atomic mass is 10.1. The van der Waals surface area contributed by atoms with E-state index in [1.807, 2.05) is 0 Å². The molecule has 1 saturated heterocycles. The summed E-state index contributed by atoms with van der Waals surface area (Å²) in [7, 11) is -10.7. The second-order valence-corrected chi connectivity index (χ2v) is 13.3. The highest BCUT2D eigenvalue weighted by Gasteiger charge is 2.46. The third-order valence-electron chi connectivity index (χ3n) is 6.29. The van der Waals surface area contributed by atoms with Crippen molar-refractivity contribution in [3.63, 3.8) is 0 Å². The lowest BCUT2D eigenvalue weighted by molar-refractivity contribution is -0.0545. The molecule has 5 rings (SSSR count). The molecule has 3 aliphatic heterocycles. The van der Waals surface area contributed by atoms with Crippen LogP contribution in [0.15, 0.2) is 41.6 Å². The Labute approximate surface area is 255 Å². The Morgan fingerprint density at radius 2 is 1.68 bits per heavy atom. The molecular formula is C19H24N8O13P2S2. The number of fused-ring (bicyclic) bond motifs is 2. The number of thiol groups is 2. The summed E-state index contributed by atoms with van der Waals surface area (Å²) in [6.45, 7) is -1.70. The number of aromatic amines is 1. The number of nitrogen functional groups attached to an aromatic ring is 2. The van der Waals surface area contributed by atoms with E-state index in [0.717, 1.165) is 10.8 Å². The van der Waals surface area contributed by atoms with E-state index in [-0.39, 0.29) is 32.4 Å². The van der Waals surface area contributed by atoms with E-state index < -0.39 is 83.0 Å². The molecule has 0 amide bonds. The highest BCUT2D eigenvalue weighted by atomic mass is 32.1. The van der Waals surface area contributed by atoms with Crippen LogP contribution in [0.25, 0.3) is 0 Å². The van der Waals surface area contributed by atoms with Gasteiger partial charge in [-0.05, 0) is 6.07 Å². The fourth-order valence-corrected chi connectivity index (χ4v) is 6.94. The minimum Gasteiger partial charge on any atom is -0.387 e. The van der Waals surface area contributed by atoms with Gasteiger partial charge in [-0.3, -0.25) is 28.4 Å². The normalized spacial score (nSPS) is 30.8. The van der Waals surface area contributed by atoms with Crippen molar-refractivity contribution in [2.75, 3.05) is 24.7 Å². The summed E-state index contributed by atoms with van der Waals surface area (Å²) in [6.07, 6.45) is -7.55. The number of rotatable bonds is 9. The number of hydrogen-bond acceptors (Lipinski definition) is 19. The smallest absolute Gasteiger partial charge is 0.387 e. The molecule has 0 radical (unpaired) electrons. The van der Waals surface area contributed by atoms with Gasteiger partial charge < -0.3 is 40.9 Å². The summed E-state index contributed by atoms with van der Waals surface area (Å²) in [4.78, 5) is 62.7. The quantitative estimate of drug-likeness (QED) is 0.0905. The predicted octanol–water partition coefficient (Wildman–Crippen LogP) is -3.52. The topological polar surface area (TPSA) is 319 Å². The highest BCUT2D eigenvalue weighted by molar-refractivity contribution is 7.88. The van der Waals surface area contributed by atoms with E-state index in [2.05, 4.69) is 59.0 Å². The van der Waals surface area contributed by atoms with E-state index in [4.69, 9.17) is 25.5 Å². The van der Waals surface area contributed by atoms with Gasteiger partial charge in [0.1, 0.15) is 36.3 Å². The zero-order chi connectivity index (χ0) is 32.1. The molecule has 240 valence electrons. The second-order valence-electron chi connectivity index (χ2n) is 9.31. The van der Waals surface area contributed by atoms with Crippen LogP contribution in [0.1, 0.15) is 6.23 Å². The molecule has 1 fully saturated rings. The molecule has 25 heteroatoms. The van der Waals surface area contributed by atoms with Gasteiger partial charge in [-0.2, -0.15) is 14.3 Å². The number of phosphoric ester groups is 2. The van der Waals surface area contributed by atoms with Crippen LogP contribution >= 0.6 is 40.9 Å². The van der Waals surface area contributed by atoms with Crippen molar-refractivity contribution in [2.45, 2.75) is 42.9 Å². The largest absolute Gasteiger partial charge is 0.481 e. The predicted molar refractivity (Wildman–Crippen MR) is 151 cm³/mol. The van der Waals surface area contributed by atoms with Gasteiger partial charge in [-0.1, -0.05) is 0 Å². The molecule has 0 saturated carbocycles. The molecule has 2 aromatic heterocycles. The molecule has 9 atom stereocenters. The number of hydrogen-bond donors (Lipinski definition) is 9. The Kier molecular flexibility index (Phi) is 9.24. The van der Waals surface area contributed by atoms with Gasteiger partial charge in [-0.25, -0.2) is 18.9 Å². The summed E-state index contributed by atoms with van der Waals surface area (Å²) in [5.74, 6) is -0.321. The molecule has 2 aromatic rings. The summed E-state index contributed by atoms with van der Waals surface area (Å²) in [5, 5.41) is 20.4. The molecule has 2 unspecified atom stereocenters. The van der Waals surface area contributed by atoms with Crippen LogP contribution in [0.2, 0.25) is 0 Å². The number of nitrogens with zero attached hydrogens (tertiary/aromatic N) is 5. The molecule has 5 heterocycles. The lowest BCUT2D eigenvalue weighted by Gasteiger charge is -2.34. The average molecular weight is 699 g/mol. The SMILES string of the molecule is Nc1ccn([C@@H]2O[C@H](COP(=O)(O)OP(=O)(O)OC[C@H]3O[C@H]4N=c5nc(N)[nH]c(=O)c5=N[C@H]4C(S)=C3S)[C@@H](O)[C@H]2O)c(=O)n1. The lowest BCUT2D eigenvalue weighted by Crippen LogP contribution is -2.52. The maximum atomic E-state index is 12.5. The summed E-state index contributed by atoms with van der Waals surface area (Å²) < 4.78 is 50.6. The van der Waals surface area contributed by atoms with E-state index >= 15 is 0 Å². The third-order valence-corrected chi connectivity index (χ3v) is 10.1. The molecule has 0 spiro atoms. The van der Waals surface area contributed by atoms with Gasteiger partial charge in [-0.15, -0.1) is 25.3 Å². The van der Waals surface area contributed by atoms with Crippen LogP contribution in [0.5, 0.6) is 0 Å². The fourth-order valence-electron chi connectivity index (χ4n) is 4.26. The van der Waals surface area contributed by atoms with E-state index in [0.29, 0.717) is 0 Å². The number of phosphoric acid groups is 2. The number of aliphatic hydroxyl groups is 2. The molecule has 9 N–H and O–H groups in total. The molecule has 0 aromatic carbocycles. The molecule has 3 aliphatic rings. The van der Waals surface area contributed by atoms with Crippen molar-refractivity contribution >= 4 is 52.7 Å².